The summed E-state index contributed by atoms with van der Waals surface area (Å²) >= 11 is 6.88. The van der Waals surface area contributed by atoms with E-state index in [1.165, 1.54) is 35.6 Å². The third kappa shape index (κ3) is 12.5. The van der Waals surface area contributed by atoms with Crippen LogP contribution in [0.15, 0.2) is 106 Å². The van der Waals surface area contributed by atoms with Crippen molar-refractivity contribution < 1.29 is 14.7 Å². The number of hydrogen-bond donors (Lipinski definition) is 2. The Bertz CT molecular complexity index is 1690. The molecule has 0 unspecified atom stereocenters. The molecule has 0 aliphatic carbocycles. The van der Waals surface area contributed by atoms with Gasteiger partial charge in [-0.2, -0.15) is 10.5 Å². The monoisotopic (exact) mass is 808 g/mol. The van der Waals surface area contributed by atoms with Crippen molar-refractivity contribution >= 4 is 67.5 Å². The highest BCUT2D eigenvalue weighted by atomic mass is 79.9. The third-order valence-corrected chi connectivity index (χ3v) is 8.65. The van der Waals surface area contributed by atoms with Crippen LogP contribution in [0.5, 0.6) is 0 Å². The van der Waals surface area contributed by atoms with Crippen molar-refractivity contribution in [3.8, 4) is 12.1 Å². The maximum absolute atomic E-state index is 12.5. The van der Waals surface area contributed by atoms with Crippen LogP contribution in [0.2, 0.25) is 0 Å². The molecule has 0 aromatic heterocycles. The zero-order valence-electron chi connectivity index (χ0n) is 26.1. The standard InChI is InChI=1S/C18H16BrN3O.C10H13BrN2.C8H5NO2.CH4.ClH/c19-16-5-7-17(8-6-16)21-9-11-22(12-10-21)18(23)15-3-1-14(13-20)2-4-15;11-9-1-3-10(4-2-9)13-7-5-12-6-8-13;9-5-6-1-3-7(4-2-6)8(10)11;;/h1-8H,9-12H2;1-4,12H,5-8H2;1-4H,(H,10,11);1H4;1H. The lowest BCUT2D eigenvalue weighted by molar-refractivity contribution is 0.0695. The molecule has 2 saturated heterocycles. The van der Waals surface area contributed by atoms with Crippen molar-refractivity contribution in [2.75, 3.05) is 62.2 Å². The molecule has 2 heterocycles. The van der Waals surface area contributed by atoms with E-state index in [9.17, 15) is 9.59 Å². The highest BCUT2D eigenvalue weighted by Gasteiger charge is 2.22. The van der Waals surface area contributed by atoms with E-state index in [2.05, 4.69) is 89.4 Å². The van der Waals surface area contributed by atoms with Crippen molar-refractivity contribution in [2.45, 2.75) is 7.43 Å². The van der Waals surface area contributed by atoms with Crippen LogP contribution in [0.25, 0.3) is 0 Å². The Morgan fingerprint density at radius 1 is 0.612 bits per heavy atom. The van der Waals surface area contributed by atoms with E-state index in [1.807, 2.05) is 23.1 Å². The molecule has 2 aliphatic rings. The van der Waals surface area contributed by atoms with Crippen LogP contribution in [0.4, 0.5) is 11.4 Å². The second kappa shape index (κ2) is 20.9. The molecule has 49 heavy (non-hydrogen) atoms. The summed E-state index contributed by atoms with van der Waals surface area (Å²) in [6, 6.07) is 33.3. The number of piperazine rings is 2. The van der Waals surface area contributed by atoms with Crippen LogP contribution in [0.3, 0.4) is 0 Å². The first kappa shape index (κ1) is 40.8. The van der Waals surface area contributed by atoms with Crippen molar-refractivity contribution in [2.24, 2.45) is 0 Å². The zero-order valence-corrected chi connectivity index (χ0v) is 30.0. The smallest absolute Gasteiger partial charge is 0.335 e. The Hall–Kier alpha value is -4.39. The van der Waals surface area contributed by atoms with Gasteiger partial charge in [-0.25, -0.2) is 4.79 Å². The van der Waals surface area contributed by atoms with Crippen molar-refractivity contribution in [3.05, 3.63) is 128 Å². The van der Waals surface area contributed by atoms with E-state index >= 15 is 0 Å². The number of carbonyl (C=O) groups is 2. The molecule has 2 N–H and O–H groups in total. The number of anilines is 2. The Balaban J connectivity index is 0.000000273. The molecule has 0 radical (unpaired) electrons. The lowest BCUT2D eigenvalue weighted by Crippen LogP contribution is -2.48. The molecule has 2 fully saturated rings. The molecule has 256 valence electrons. The number of nitrogens with one attached hydrogen (secondary N) is 1. The van der Waals surface area contributed by atoms with Gasteiger partial charge in [0.05, 0.1) is 28.8 Å². The summed E-state index contributed by atoms with van der Waals surface area (Å²) in [5, 5.41) is 29.0. The van der Waals surface area contributed by atoms with Crippen LogP contribution in [0.1, 0.15) is 39.3 Å². The molecule has 4 aromatic carbocycles. The molecule has 6 rings (SSSR count). The topological polar surface area (TPSA) is 124 Å². The second-order valence-electron chi connectivity index (χ2n) is 10.7. The minimum absolute atomic E-state index is 0. The third-order valence-electron chi connectivity index (χ3n) is 7.59. The SMILES string of the molecule is Brc1ccc(N2CCNCC2)cc1.C.Cl.N#Cc1ccc(C(=O)N2CCN(c3ccc(Br)cc3)CC2)cc1.N#Cc1ccc(C(=O)O)cc1. The van der Waals surface area contributed by atoms with E-state index < -0.39 is 5.97 Å². The fourth-order valence-electron chi connectivity index (χ4n) is 4.95. The lowest BCUT2D eigenvalue weighted by Gasteiger charge is -2.36. The predicted octanol–water partition coefficient (Wildman–Crippen LogP) is 7.46. The first-order valence-corrected chi connectivity index (χ1v) is 16.6. The van der Waals surface area contributed by atoms with E-state index in [1.54, 1.807) is 24.3 Å². The quantitative estimate of drug-likeness (QED) is 0.218. The number of nitrogens with zero attached hydrogens (tertiary/aromatic N) is 5. The summed E-state index contributed by atoms with van der Waals surface area (Å²) in [6.45, 7) is 7.46. The highest BCUT2D eigenvalue weighted by Crippen LogP contribution is 2.21. The number of hydrogen-bond acceptors (Lipinski definition) is 7. The van der Waals surface area contributed by atoms with Gasteiger partial charge in [0.15, 0.2) is 0 Å². The predicted molar refractivity (Wildman–Crippen MR) is 205 cm³/mol. The molecule has 4 aromatic rings. The normalized spacial score (nSPS) is 13.3. The Kier molecular flexibility index (Phi) is 17.4. The molecular formula is C37H39Br2ClN6O3. The molecule has 9 nitrogen and oxygen atoms in total. The van der Waals surface area contributed by atoms with Gasteiger partial charge in [-0.15, -0.1) is 12.4 Å². The van der Waals surface area contributed by atoms with Crippen LogP contribution < -0.4 is 15.1 Å². The molecule has 1 amide bonds. The Labute approximate surface area is 311 Å². The summed E-state index contributed by atoms with van der Waals surface area (Å²) in [4.78, 5) is 29.4. The van der Waals surface area contributed by atoms with Gasteiger partial charge in [-0.05, 0) is 97.1 Å². The van der Waals surface area contributed by atoms with Crippen molar-refractivity contribution in [1.82, 2.24) is 10.2 Å². The van der Waals surface area contributed by atoms with Crippen molar-refractivity contribution in [3.63, 3.8) is 0 Å². The summed E-state index contributed by atoms with van der Waals surface area (Å²) in [6.07, 6.45) is 0. The average molecular weight is 811 g/mol. The van der Waals surface area contributed by atoms with E-state index in [0.29, 0.717) is 29.8 Å². The number of aromatic carboxylic acids is 1. The van der Waals surface area contributed by atoms with E-state index in [4.69, 9.17) is 15.6 Å². The molecular weight excluding hydrogens is 772 g/mol. The number of carbonyl (C=O) groups excluding carboxylic acids is 1. The summed E-state index contributed by atoms with van der Waals surface area (Å²) < 4.78 is 2.21. The molecule has 0 bridgehead atoms. The largest absolute Gasteiger partial charge is 0.478 e. The van der Waals surface area contributed by atoms with Crippen molar-refractivity contribution in [1.29, 1.82) is 10.5 Å². The fourth-order valence-corrected chi connectivity index (χ4v) is 5.48. The van der Waals surface area contributed by atoms with E-state index in [0.717, 1.165) is 48.2 Å². The van der Waals surface area contributed by atoms with Gasteiger partial charge < -0.3 is 25.1 Å². The molecule has 12 heteroatoms. The number of carboxylic acid groups (broad SMARTS) is 1. The maximum Gasteiger partial charge on any atom is 0.335 e. The minimum Gasteiger partial charge on any atom is -0.478 e. The van der Waals surface area contributed by atoms with Crippen LogP contribution in [-0.2, 0) is 0 Å². The highest BCUT2D eigenvalue weighted by molar-refractivity contribution is 9.10. The van der Waals surface area contributed by atoms with Crippen LogP contribution in [-0.4, -0.2) is 74.2 Å². The summed E-state index contributed by atoms with van der Waals surface area (Å²) in [7, 11) is 0. The maximum atomic E-state index is 12.5. The molecule has 2 aliphatic heterocycles. The number of halogens is 3. The minimum atomic E-state index is -0.977. The van der Waals surface area contributed by atoms with Gasteiger partial charge in [0.1, 0.15) is 0 Å². The van der Waals surface area contributed by atoms with Gasteiger partial charge >= 0.3 is 5.97 Å². The molecule has 0 saturated carbocycles. The number of amides is 1. The Morgan fingerprint density at radius 3 is 1.39 bits per heavy atom. The first-order chi connectivity index (χ1) is 22.8. The second-order valence-corrected chi connectivity index (χ2v) is 12.5. The molecule has 0 spiro atoms. The zero-order chi connectivity index (χ0) is 33.6. The first-order valence-electron chi connectivity index (χ1n) is 15.0. The van der Waals surface area contributed by atoms with Gasteiger partial charge in [-0.3, -0.25) is 4.79 Å². The number of nitriles is 2. The van der Waals surface area contributed by atoms with Gasteiger partial charge in [0.25, 0.3) is 5.91 Å². The van der Waals surface area contributed by atoms with Gasteiger partial charge in [0, 0.05) is 78.2 Å². The van der Waals surface area contributed by atoms with Crippen LogP contribution in [0, 0.1) is 22.7 Å². The lowest BCUT2D eigenvalue weighted by atomic mass is 10.1. The number of benzene rings is 4. The Morgan fingerprint density at radius 2 is 1.00 bits per heavy atom. The average Bonchev–Trinajstić information content (AvgIpc) is 3.13. The number of carboxylic acids is 1. The van der Waals surface area contributed by atoms with Gasteiger partial charge in [-0.1, -0.05) is 39.3 Å². The number of rotatable bonds is 4. The van der Waals surface area contributed by atoms with Gasteiger partial charge in [0.2, 0.25) is 0 Å². The van der Waals surface area contributed by atoms with E-state index in [-0.39, 0.29) is 31.3 Å². The summed E-state index contributed by atoms with van der Waals surface area (Å²) in [5.41, 5.74) is 4.38. The fraction of sp³-hybridized carbons (Fsp3) is 0.243. The molecule has 0 atom stereocenters. The van der Waals surface area contributed by atoms with Crippen LogP contribution >= 0.6 is 44.3 Å². The summed E-state index contributed by atoms with van der Waals surface area (Å²) in [5.74, 6) is -0.945.